The van der Waals surface area contributed by atoms with Crippen molar-refractivity contribution >= 4 is 21.6 Å². The number of nitrogens with one attached hydrogen (secondary N) is 1. The maximum absolute atomic E-state index is 12.7. The third kappa shape index (κ3) is 3.92. The number of hydrogen-bond donors (Lipinski definition) is 1. The molecule has 0 aliphatic heterocycles. The van der Waals surface area contributed by atoms with Gasteiger partial charge >= 0.3 is 0 Å². The van der Waals surface area contributed by atoms with Gasteiger partial charge in [0.15, 0.2) is 5.03 Å². The number of sulfonamides is 1. The highest BCUT2D eigenvalue weighted by Crippen LogP contribution is 2.21. The molecule has 20 heavy (non-hydrogen) atoms. The zero-order chi connectivity index (χ0) is 15.2. The molecule has 116 valence electrons. The van der Waals surface area contributed by atoms with Gasteiger partial charge in [-0.05, 0) is 6.92 Å². The fourth-order valence-electron chi connectivity index (χ4n) is 1.82. The van der Waals surface area contributed by atoms with Crippen molar-refractivity contribution in [1.29, 1.82) is 0 Å². The Morgan fingerprint density at radius 1 is 1.45 bits per heavy atom. The lowest BCUT2D eigenvalue weighted by Crippen LogP contribution is -2.43. The molecule has 1 heterocycles. The van der Waals surface area contributed by atoms with Crippen LogP contribution in [0.1, 0.15) is 12.5 Å². The van der Waals surface area contributed by atoms with Gasteiger partial charge in [-0.25, -0.2) is 8.42 Å². The lowest BCUT2D eigenvalue weighted by Gasteiger charge is -2.27. The van der Waals surface area contributed by atoms with Gasteiger partial charge in [-0.2, -0.15) is 9.40 Å². The van der Waals surface area contributed by atoms with E-state index < -0.39 is 10.0 Å². The Labute approximate surface area is 124 Å². The van der Waals surface area contributed by atoms with E-state index in [-0.39, 0.29) is 36.7 Å². The smallest absolute Gasteiger partial charge is 0.260 e. The molecule has 1 rings (SSSR count). The summed E-state index contributed by atoms with van der Waals surface area (Å²) in [5.74, 6) is 0.0713. The molecule has 1 aromatic rings. The molecule has 0 amide bonds. The molecule has 7 nitrogen and oxygen atoms in total. The van der Waals surface area contributed by atoms with Gasteiger partial charge in [-0.15, -0.1) is 11.6 Å². The van der Waals surface area contributed by atoms with Crippen molar-refractivity contribution in [3.63, 3.8) is 0 Å². The van der Waals surface area contributed by atoms with Crippen LogP contribution in [0.3, 0.4) is 0 Å². The van der Waals surface area contributed by atoms with Crippen molar-refractivity contribution in [2.75, 3.05) is 34.0 Å². The molecule has 9 heteroatoms. The number of H-pyrrole nitrogens is 1. The molecule has 0 fully saturated rings. The van der Waals surface area contributed by atoms with Crippen molar-refractivity contribution in [1.82, 2.24) is 14.5 Å². The van der Waals surface area contributed by atoms with Crippen molar-refractivity contribution in [3.8, 4) is 0 Å². The van der Waals surface area contributed by atoms with Crippen molar-refractivity contribution in [2.45, 2.75) is 23.9 Å². The third-order valence-electron chi connectivity index (χ3n) is 2.80. The molecule has 0 aliphatic rings. The zero-order valence-electron chi connectivity index (χ0n) is 11.8. The summed E-state index contributed by atoms with van der Waals surface area (Å²) < 4.78 is 36.7. The molecule has 0 bridgehead atoms. The highest BCUT2D eigenvalue weighted by Gasteiger charge is 2.32. The summed E-state index contributed by atoms with van der Waals surface area (Å²) in [4.78, 5) is 0. The first-order chi connectivity index (χ1) is 9.48. The zero-order valence-corrected chi connectivity index (χ0v) is 13.4. The molecule has 0 aromatic carbocycles. The Bertz CT molecular complexity index is 506. The Morgan fingerprint density at radius 3 is 2.70 bits per heavy atom. The second-order valence-corrected chi connectivity index (χ2v) is 6.37. The fraction of sp³-hybridized carbons (Fsp3) is 0.727. The maximum Gasteiger partial charge on any atom is 0.260 e. The molecular weight excluding hydrogens is 306 g/mol. The maximum atomic E-state index is 12.7. The van der Waals surface area contributed by atoms with Crippen molar-refractivity contribution in [2.24, 2.45) is 0 Å². The summed E-state index contributed by atoms with van der Waals surface area (Å²) >= 11 is 5.74. The molecule has 0 radical (unpaired) electrons. The van der Waals surface area contributed by atoms with Crippen LogP contribution in [-0.4, -0.2) is 62.9 Å². The number of rotatable bonds is 9. The largest absolute Gasteiger partial charge is 0.383 e. The van der Waals surface area contributed by atoms with Crippen molar-refractivity contribution < 1.29 is 17.9 Å². The molecule has 0 saturated heterocycles. The van der Waals surface area contributed by atoms with Crippen LogP contribution in [0, 0.1) is 0 Å². The minimum absolute atomic E-state index is 0.0200. The lowest BCUT2D eigenvalue weighted by atomic mass is 10.3. The fourth-order valence-corrected chi connectivity index (χ4v) is 3.81. The van der Waals surface area contributed by atoms with E-state index in [4.69, 9.17) is 21.1 Å². The van der Waals surface area contributed by atoms with Crippen LogP contribution in [-0.2, 0) is 25.4 Å². The first-order valence-corrected chi connectivity index (χ1v) is 8.04. The Hall–Kier alpha value is -0.670. The predicted octanol–water partition coefficient (Wildman–Crippen LogP) is 0.821. The predicted molar refractivity (Wildman–Crippen MR) is 75.3 cm³/mol. The van der Waals surface area contributed by atoms with Gasteiger partial charge < -0.3 is 9.47 Å². The highest BCUT2D eigenvalue weighted by atomic mass is 35.5. The van der Waals surface area contributed by atoms with Crippen LogP contribution in [0.25, 0.3) is 0 Å². The summed E-state index contributed by atoms with van der Waals surface area (Å²) in [6, 6.07) is -0.327. The minimum Gasteiger partial charge on any atom is -0.383 e. The Balaban J connectivity index is 3.10. The van der Waals surface area contributed by atoms with E-state index in [9.17, 15) is 8.42 Å². The Kier molecular flexibility index (Phi) is 6.90. The molecule has 0 saturated carbocycles. The monoisotopic (exact) mass is 325 g/mol. The molecule has 1 atom stereocenters. The van der Waals surface area contributed by atoms with E-state index in [0.717, 1.165) is 0 Å². The standard InChI is InChI=1S/C11H20ClN3O4S/c1-9(8-19-3)15(4-5-18-2)20(16,17)11-10(6-12)7-13-14-11/h7,9H,4-6,8H2,1-3H3,(H,13,14). The van der Waals surface area contributed by atoms with E-state index in [1.165, 1.54) is 24.7 Å². The quantitative estimate of drug-likeness (QED) is 0.679. The first kappa shape index (κ1) is 17.4. The van der Waals surface area contributed by atoms with E-state index in [2.05, 4.69) is 10.2 Å². The van der Waals surface area contributed by atoms with Gasteiger partial charge in [-0.3, -0.25) is 5.10 Å². The topological polar surface area (TPSA) is 84.5 Å². The van der Waals surface area contributed by atoms with E-state index in [0.29, 0.717) is 5.56 Å². The summed E-state index contributed by atoms with van der Waals surface area (Å²) in [7, 11) is -0.678. The molecule has 1 unspecified atom stereocenters. The normalized spacial score (nSPS) is 13.8. The highest BCUT2D eigenvalue weighted by molar-refractivity contribution is 7.89. The number of methoxy groups -OCH3 is 2. The second-order valence-electron chi connectivity index (χ2n) is 4.27. The van der Waals surface area contributed by atoms with Crippen LogP contribution >= 0.6 is 11.6 Å². The number of hydrogen-bond acceptors (Lipinski definition) is 5. The van der Waals surface area contributed by atoms with E-state index >= 15 is 0 Å². The van der Waals surface area contributed by atoms with Crippen LogP contribution in [0.4, 0.5) is 0 Å². The van der Waals surface area contributed by atoms with Gasteiger partial charge in [-0.1, -0.05) is 0 Å². The van der Waals surface area contributed by atoms with Crippen molar-refractivity contribution in [3.05, 3.63) is 11.8 Å². The number of halogens is 1. The number of aromatic amines is 1. The van der Waals surface area contributed by atoms with Gasteiger partial charge in [0.05, 0.1) is 25.3 Å². The number of alkyl halides is 1. The second kappa shape index (κ2) is 7.94. The van der Waals surface area contributed by atoms with Crippen LogP contribution in [0.15, 0.2) is 11.2 Å². The molecule has 0 spiro atoms. The molecule has 1 aromatic heterocycles. The number of ether oxygens (including phenoxy) is 2. The van der Waals surface area contributed by atoms with Gasteiger partial charge in [0.1, 0.15) is 0 Å². The van der Waals surface area contributed by atoms with Gasteiger partial charge in [0, 0.05) is 32.4 Å². The average molecular weight is 326 g/mol. The molecule has 0 aliphatic carbocycles. The van der Waals surface area contributed by atoms with Crippen LogP contribution < -0.4 is 0 Å². The van der Waals surface area contributed by atoms with Gasteiger partial charge in [0.2, 0.25) is 0 Å². The van der Waals surface area contributed by atoms with Gasteiger partial charge in [0.25, 0.3) is 10.0 Å². The SMILES string of the molecule is COCCN(C(C)COC)S(=O)(=O)c1[nH]ncc1CCl. The summed E-state index contributed by atoms with van der Waals surface area (Å²) in [5.41, 5.74) is 0.443. The minimum atomic E-state index is -3.72. The first-order valence-electron chi connectivity index (χ1n) is 6.07. The lowest BCUT2D eigenvalue weighted by molar-refractivity contribution is 0.119. The average Bonchev–Trinajstić information content (AvgIpc) is 2.88. The molecular formula is C11H20ClN3O4S. The number of nitrogens with zero attached hydrogens (tertiary/aromatic N) is 2. The van der Waals surface area contributed by atoms with E-state index in [1.807, 2.05) is 0 Å². The number of aromatic nitrogens is 2. The molecule has 1 N–H and O–H groups in total. The summed E-state index contributed by atoms with van der Waals surface area (Å²) in [6.45, 7) is 2.57. The summed E-state index contributed by atoms with van der Waals surface area (Å²) in [5, 5.41) is 6.27. The van der Waals surface area contributed by atoms with Crippen LogP contribution in [0.5, 0.6) is 0 Å². The Morgan fingerprint density at radius 2 is 2.15 bits per heavy atom. The summed E-state index contributed by atoms with van der Waals surface area (Å²) in [6.07, 6.45) is 1.41. The van der Waals surface area contributed by atoms with Crippen LogP contribution in [0.2, 0.25) is 0 Å². The van der Waals surface area contributed by atoms with E-state index in [1.54, 1.807) is 6.92 Å². The third-order valence-corrected chi connectivity index (χ3v) is 5.12.